The van der Waals surface area contributed by atoms with E-state index in [1.165, 1.54) is 12.1 Å². The van der Waals surface area contributed by atoms with E-state index in [0.29, 0.717) is 5.69 Å². The van der Waals surface area contributed by atoms with E-state index in [2.05, 4.69) is 21.0 Å². The van der Waals surface area contributed by atoms with Gasteiger partial charge in [-0.05, 0) is 41.1 Å². The van der Waals surface area contributed by atoms with Gasteiger partial charge in [0.05, 0.1) is 15.9 Å². The number of halogens is 2. The average molecular weight is 330 g/mol. The quantitative estimate of drug-likeness (QED) is 0.692. The van der Waals surface area contributed by atoms with Crippen LogP contribution in [-0.2, 0) is 12.8 Å². The first-order chi connectivity index (χ1) is 8.49. The molecule has 3 nitrogen and oxygen atoms in total. The molecule has 0 unspecified atom stereocenters. The minimum absolute atomic E-state index is 0.311. The molecule has 2 aromatic rings. The third kappa shape index (κ3) is 2.70. The van der Waals surface area contributed by atoms with Crippen molar-refractivity contribution in [2.75, 3.05) is 5.73 Å². The molecule has 0 saturated carbocycles. The van der Waals surface area contributed by atoms with E-state index in [4.69, 9.17) is 5.73 Å². The third-order valence-electron chi connectivity index (χ3n) is 2.60. The Hall–Kier alpha value is -1.01. The lowest BCUT2D eigenvalue weighted by Crippen LogP contribution is -1.97. The minimum atomic E-state index is -0.311. The number of anilines is 1. The maximum Gasteiger partial charge on any atom is 0.125 e. The van der Waals surface area contributed by atoms with Crippen LogP contribution in [0.3, 0.4) is 0 Å². The molecule has 0 aliphatic rings. The fraction of sp³-hybridized carbons (Fsp3) is 0.250. The molecule has 0 aliphatic heterocycles. The predicted molar refractivity (Wildman–Crippen MR) is 76.0 cm³/mol. The van der Waals surface area contributed by atoms with Gasteiger partial charge in [0.1, 0.15) is 5.82 Å². The number of benzene rings is 1. The first-order valence-corrected chi connectivity index (χ1v) is 7.12. The molecule has 96 valence electrons. The normalized spacial score (nSPS) is 10.9. The molecule has 2 rings (SSSR count). The van der Waals surface area contributed by atoms with Crippen molar-refractivity contribution in [2.45, 2.75) is 17.6 Å². The topological polar surface area (TPSA) is 43.8 Å². The zero-order valence-corrected chi connectivity index (χ0v) is 12.5. The molecular formula is C12H13BrFN3S. The second kappa shape index (κ2) is 5.32. The zero-order valence-electron chi connectivity index (χ0n) is 10.1. The smallest absolute Gasteiger partial charge is 0.125 e. The van der Waals surface area contributed by atoms with Crippen molar-refractivity contribution in [3.05, 3.63) is 39.9 Å². The molecule has 0 radical (unpaired) electrons. The van der Waals surface area contributed by atoms with Gasteiger partial charge in [-0.25, -0.2) is 4.39 Å². The molecule has 0 bridgehead atoms. The molecule has 0 atom stereocenters. The standard InChI is InChI=1S/C12H13BrFN3S/c1-7-12(13)10(17(2)16-7)6-18-11-4-3-8(14)5-9(11)15/h3-5H,6,15H2,1-2H3. The number of aryl methyl sites for hydroxylation is 2. The Morgan fingerprint density at radius 1 is 1.50 bits per heavy atom. The van der Waals surface area contributed by atoms with Gasteiger partial charge in [-0.15, -0.1) is 11.8 Å². The van der Waals surface area contributed by atoms with Gasteiger partial charge in [0.25, 0.3) is 0 Å². The molecule has 0 amide bonds. The highest BCUT2D eigenvalue weighted by Crippen LogP contribution is 2.31. The summed E-state index contributed by atoms with van der Waals surface area (Å²) in [5.74, 6) is 0.419. The molecule has 1 heterocycles. The van der Waals surface area contributed by atoms with Crippen LogP contribution in [0.5, 0.6) is 0 Å². The summed E-state index contributed by atoms with van der Waals surface area (Å²) in [6, 6.07) is 4.46. The van der Waals surface area contributed by atoms with E-state index >= 15 is 0 Å². The summed E-state index contributed by atoms with van der Waals surface area (Å²) in [6.07, 6.45) is 0. The Morgan fingerprint density at radius 3 is 2.78 bits per heavy atom. The Balaban J connectivity index is 2.16. The first kappa shape index (κ1) is 13.4. The van der Waals surface area contributed by atoms with Crippen molar-refractivity contribution < 1.29 is 4.39 Å². The molecule has 2 N–H and O–H groups in total. The maximum atomic E-state index is 12.9. The second-order valence-corrected chi connectivity index (χ2v) is 5.75. The van der Waals surface area contributed by atoms with E-state index in [-0.39, 0.29) is 5.82 Å². The maximum absolute atomic E-state index is 12.9. The fourth-order valence-corrected chi connectivity index (χ4v) is 3.31. The molecule has 6 heteroatoms. The number of aromatic nitrogens is 2. The van der Waals surface area contributed by atoms with Crippen LogP contribution < -0.4 is 5.73 Å². The SMILES string of the molecule is Cc1nn(C)c(CSc2ccc(F)cc2N)c1Br. The second-order valence-electron chi connectivity index (χ2n) is 3.94. The van der Waals surface area contributed by atoms with Crippen molar-refractivity contribution in [2.24, 2.45) is 7.05 Å². The summed E-state index contributed by atoms with van der Waals surface area (Å²) < 4.78 is 15.8. The number of nitrogens with two attached hydrogens (primary N) is 1. The molecule has 0 fully saturated rings. The Labute approximate surface area is 118 Å². The van der Waals surface area contributed by atoms with Crippen LogP contribution in [0, 0.1) is 12.7 Å². The van der Waals surface area contributed by atoms with E-state index < -0.39 is 0 Å². The Kier molecular flexibility index (Phi) is 3.97. The van der Waals surface area contributed by atoms with Gasteiger partial charge in [0.2, 0.25) is 0 Å². The Morgan fingerprint density at radius 2 is 2.22 bits per heavy atom. The summed E-state index contributed by atoms with van der Waals surface area (Å²) >= 11 is 5.08. The van der Waals surface area contributed by atoms with E-state index in [9.17, 15) is 4.39 Å². The fourth-order valence-electron chi connectivity index (χ4n) is 1.63. The summed E-state index contributed by atoms with van der Waals surface area (Å²) in [4.78, 5) is 0.877. The average Bonchev–Trinajstić information content (AvgIpc) is 2.53. The lowest BCUT2D eigenvalue weighted by Gasteiger charge is -2.06. The molecule has 1 aromatic carbocycles. The highest BCUT2D eigenvalue weighted by Gasteiger charge is 2.11. The van der Waals surface area contributed by atoms with Gasteiger partial charge >= 0.3 is 0 Å². The van der Waals surface area contributed by atoms with Crippen molar-refractivity contribution in [1.82, 2.24) is 9.78 Å². The van der Waals surface area contributed by atoms with Gasteiger partial charge in [0.15, 0.2) is 0 Å². The summed E-state index contributed by atoms with van der Waals surface area (Å²) in [7, 11) is 1.90. The van der Waals surface area contributed by atoms with Gasteiger partial charge in [-0.2, -0.15) is 5.10 Å². The van der Waals surface area contributed by atoms with Gasteiger partial charge in [-0.3, -0.25) is 4.68 Å². The molecule has 0 aliphatic carbocycles. The minimum Gasteiger partial charge on any atom is -0.398 e. The molecule has 1 aromatic heterocycles. The number of hydrogen-bond donors (Lipinski definition) is 1. The van der Waals surface area contributed by atoms with E-state index in [1.54, 1.807) is 17.8 Å². The monoisotopic (exact) mass is 329 g/mol. The van der Waals surface area contributed by atoms with Crippen LogP contribution in [0.25, 0.3) is 0 Å². The van der Waals surface area contributed by atoms with Crippen molar-refractivity contribution in [3.63, 3.8) is 0 Å². The molecule has 0 saturated heterocycles. The summed E-state index contributed by atoms with van der Waals surface area (Å²) in [6.45, 7) is 1.95. The lowest BCUT2D eigenvalue weighted by molar-refractivity contribution is 0.627. The largest absolute Gasteiger partial charge is 0.398 e. The summed E-state index contributed by atoms with van der Waals surface area (Å²) in [5.41, 5.74) is 8.28. The van der Waals surface area contributed by atoms with Gasteiger partial charge < -0.3 is 5.73 Å². The molecular weight excluding hydrogens is 317 g/mol. The first-order valence-electron chi connectivity index (χ1n) is 5.35. The highest BCUT2D eigenvalue weighted by atomic mass is 79.9. The van der Waals surface area contributed by atoms with Crippen molar-refractivity contribution >= 4 is 33.4 Å². The van der Waals surface area contributed by atoms with Crippen molar-refractivity contribution in [1.29, 1.82) is 0 Å². The Bertz CT molecular complexity index is 583. The number of nitrogens with zero attached hydrogens (tertiary/aromatic N) is 2. The molecule has 18 heavy (non-hydrogen) atoms. The number of rotatable bonds is 3. The van der Waals surface area contributed by atoms with Gasteiger partial charge in [0, 0.05) is 23.4 Å². The number of thioether (sulfide) groups is 1. The van der Waals surface area contributed by atoms with Gasteiger partial charge in [-0.1, -0.05) is 0 Å². The summed E-state index contributed by atoms with van der Waals surface area (Å²) in [5, 5.41) is 4.32. The van der Waals surface area contributed by atoms with Crippen LogP contribution in [-0.4, -0.2) is 9.78 Å². The van der Waals surface area contributed by atoms with E-state index in [0.717, 1.165) is 26.5 Å². The molecule has 0 spiro atoms. The van der Waals surface area contributed by atoms with Crippen LogP contribution in [0.4, 0.5) is 10.1 Å². The van der Waals surface area contributed by atoms with Crippen molar-refractivity contribution in [3.8, 4) is 0 Å². The number of nitrogen functional groups attached to an aromatic ring is 1. The highest BCUT2D eigenvalue weighted by molar-refractivity contribution is 9.10. The van der Waals surface area contributed by atoms with Crippen LogP contribution in [0.1, 0.15) is 11.4 Å². The van der Waals surface area contributed by atoms with Crippen LogP contribution >= 0.6 is 27.7 Å². The third-order valence-corrected chi connectivity index (χ3v) is 4.73. The lowest BCUT2D eigenvalue weighted by atomic mass is 10.3. The predicted octanol–water partition coefficient (Wildman–Crippen LogP) is 3.50. The zero-order chi connectivity index (χ0) is 13.3. The number of hydrogen-bond acceptors (Lipinski definition) is 3. The van der Waals surface area contributed by atoms with E-state index in [1.807, 2.05) is 18.7 Å². The van der Waals surface area contributed by atoms with Crippen LogP contribution in [0.2, 0.25) is 0 Å². The van der Waals surface area contributed by atoms with Crippen LogP contribution in [0.15, 0.2) is 27.6 Å².